The highest BCUT2D eigenvalue weighted by molar-refractivity contribution is 8.26. The Labute approximate surface area is 182 Å². The number of nitrogens with zero attached hydrogens (tertiary/aromatic N) is 1. The highest BCUT2D eigenvalue weighted by atomic mass is 32.2. The number of hydrogen-bond acceptors (Lipinski definition) is 5. The van der Waals surface area contributed by atoms with Crippen molar-refractivity contribution < 1.29 is 19.4 Å². The fourth-order valence-electron chi connectivity index (χ4n) is 3.15. The molecule has 5 nitrogen and oxygen atoms in total. The second-order valence-electron chi connectivity index (χ2n) is 7.08. The molecule has 1 saturated heterocycles. The van der Waals surface area contributed by atoms with E-state index < -0.39 is 5.97 Å². The van der Waals surface area contributed by atoms with Gasteiger partial charge in [0, 0.05) is 13.0 Å². The van der Waals surface area contributed by atoms with Gasteiger partial charge in [0.25, 0.3) is 5.91 Å². The van der Waals surface area contributed by atoms with Crippen LogP contribution in [-0.2, 0) is 9.59 Å². The van der Waals surface area contributed by atoms with Crippen LogP contribution in [0.1, 0.15) is 63.4 Å². The molecular weight excluding hydrogens is 406 g/mol. The number of thioether (sulfide) groups is 1. The van der Waals surface area contributed by atoms with Crippen molar-refractivity contribution in [2.75, 3.05) is 13.7 Å². The fourth-order valence-corrected chi connectivity index (χ4v) is 4.46. The zero-order valence-corrected chi connectivity index (χ0v) is 18.5. The molecule has 1 aliphatic rings. The lowest BCUT2D eigenvalue weighted by atomic mass is 10.1. The van der Waals surface area contributed by atoms with E-state index >= 15 is 0 Å². The van der Waals surface area contributed by atoms with E-state index in [1.807, 2.05) is 30.3 Å². The topological polar surface area (TPSA) is 66.8 Å². The van der Waals surface area contributed by atoms with Gasteiger partial charge in [-0.2, -0.15) is 0 Å². The minimum atomic E-state index is -0.709. The molecule has 1 aromatic rings. The molecule has 0 aromatic heterocycles. The Morgan fingerprint density at radius 2 is 1.66 bits per heavy atom. The standard InChI is InChI=1S/C22H29NO4S2/c1-27-18-13-11-17(12-14-18)16-19-21(26)23(22(28)29-19)15-9-7-5-3-2-4-6-8-10-20(24)25/h11-14,16H,2-10,15H2,1H3,(H,24,25)/b19-16-. The number of ether oxygens (including phenoxy) is 1. The van der Waals surface area contributed by atoms with Crippen LogP contribution in [0.15, 0.2) is 29.2 Å². The van der Waals surface area contributed by atoms with Crippen molar-refractivity contribution in [3.63, 3.8) is 0 Å². The molecule has 7 heteroatoms. The monoisotopic (exact) mass is 435 g/mol. The summed E-state index contributed by atoms with van der Waals surface area (Å²) in [5.41, 5.74) is 0.953. The number of methoxy groups -OCH3 is 1. The molecule has 0 spiro atoms. The van der Waals surface area contributed by atoms with Crippen LogP contribution in [0.5, 0.6) is 5.75 Å². The Balaban J connectivity index is 1.65. The van der Waals surface area contributed by atoms with Crippen molar-refractivity contribution in [3.8, 4) is 5.75 Å². The van der Waals surface area contributed by atoms with Crippen LogP contribution in [-0.4, -0.2) is 39.9 Å². The van der Waals surface area contributed by atoms with Gasteiger partial charge in [-0.05, 0) is 36.6 Å². The highest BCUT2D eigenvalue weighted by Gasteiger charge is 2.31. The second kappa shape index (κ2) is 12.6. The summed E-state index contributed by atoms with van der Waals surface area (Å²) in [5, 5.41) is 8.60. The summed E-state index contributed by atoms with van der Waals surface area (Å²) >= 11 is 6.76. The quantitative estimate of drug-likeness (QED) is 0.251. The van der Waals surface area contributed by atoms with Gasteiger partial charge < -0.3 is 9.84 Å². The minimum Gasteiger partial charge on any atom is -0.497 e. The van der Waals surface area contributed by atoms with Crippen LogP contribution >= 0.6 is 24.0 Å². The average Bonchev–Trinajstić information content (AvgIpc) is 2.96. The van der Waals surface area contributed by atoms with Crippen molar-refractivity contribution in [2.24, 2.45) is 0 Å². The zero-order chi connectivity index (χ0) is 21.1. The van der Waals surface area contributed by atoms with Crippen molar-refractivity contribution >= 4 is 46.3 Å². The molecule has 0 saturated carbocycles. The third-order valence-electron chi connectivity index (χ3n) is 4.81. The lowest BCUT2D eigenvalue weighted by Crippen LogP contribution is -2.29. The van der Waals surface area contributed by atoms with E-state index in [0.717, 1.165) is 62.7 Å². The summed E-state index contributed by atoms with van der Waals surface area (Å²) in [5.74, 6) is 0.0729. The maximum atomic E-state index is 12.6. The Hall–Kier alpha value is -1.86. The largest absolute Gasteiger partial charge is 0.497 e. The van der Waals surface area contributed by atoms with Crippen LogP contribution in [0.3, 0.4) is 0 Å². The molecule has 0 aliphatic carbocycles. The van der Waals surface area contributed by atoms with Crippen LogP contribution in [0.4, 0.5) is 0 Å². The number of carboxylic acid groups (broad SMARTS) is 1. The van der Waals surface area contributed by atoms with Crippen LogP contribution in [0.25, 0.3) is 6.08 Å². The summed E-state index contributed by atoms with van der Waals surface area (Å²) < 4.78 is 5.79. The first-order chi connectivity index (χ1) is 14.0. The van der Waals surface area contributed by atoms with E-state index in [4.69, 9.17) is 22.1 Å². The molecular formula is C22H29NO4S2. The molecule has 1 N–H and O–H groups in total. The number of amides is 1. The molecule has 1 aromatic carbocycles. The van der Waals surface area contributed by atoms with Gasteiger partial charge in [-0.3, -0.25) is 14.5 Å². The number of carbonyl (C=O) groups excluding carboxylic acids is 1. The van der Waals surface area contributed by atoms with Gasteiger partial charge in [0.2, 0.25) is 0 Å². The van der Waals surface area contributed by atoms with Gasteiger partial charge in [-0.15, -0.1) is 0 Å². The maximum absolute atomic E-state index is 12.6. The zero-order valence-electron chi connectivity index (χ0n) is 16.9. The predicted molar refractivity (Wildman–Crippen MR) is 122 cm³/mol. The lowest BCUT2D eigenvalue weighted by molar-refractivity contribution is -0.137. The van der Waals surface area contributed by atoms with Crippen molar-refractivity contribution in [1.82, 2.24) is 4.90 Å². The third-order valence-corrected chi connectivity index (χ3v) is 6.19. The molecule has 0 radical (unpaired) electrons. The van der Waals surface area contributed by atoms with Crippen molar-refractivity contribution in [1.29, 1.82) is 0 Å². The van der Waals surface area contributed by atoms with Gasteiger partial charge in [-0.1, -0.05) is 74.6 Å². The molecule has 1 heterocycles. The molecule has 0 atom stereocenters. The van der Waals surface area contributed by atoms with Gasteiger partial charge in [0.1, 0.15) is 10.1 Å². The summed E-state index contributed by atoms with van der Waals surface area (Å²) in [7, 11) is 1.63. The fraction of sp³-hybridized carbons (Fsp3) is 0.500. The predicted octanol–water partition coefficient (Wildman–Crippen LogP) is 5.49. The molecule has 1 amide bonds. The Kier molecular flexibility index (Phi) is 10.2. The van der Waals surface area contributed by atoms with Gasteiger partial charge in [0.05, 0.1) is 12.0 Å². The Morgan fingerprint density at radius 1 is 1.07 bits per heavy atom. The number of thiocarbonyl (C=S) groups is 1. The number of unbranched alkanes of at least 4 members (excludes halogenated alkanes) is 7. The number of carbonyl (C=O) groups is 2. The van der Waals surface area contributed by atoms with Crippen LogP contribution in [0, 0.1) is 0 Å². The molecule has 0 unspecified atom stereocenters. The first-order valence-electron chi connectivity index (χ1n) is 10.1. The van der Waals surface area contributed by atoms with Gasteiger partial charge in [-0.25, -0.2) is 0 Å². The number of hydrogen-bond donors (Lipinski definition) is 1. The number of benzene rings is 1. The lowest BCUT2D eigenvalue weighted by Gasteiger charge is -2.14. The molecule has 1 aliphatic heterocycles. The van der Waals surface area contributed by atoms with Gasteiger partial charge in [0.15, 0.2) is 0 Å². The Bertz CT molecular complexity index is 731. The SMILES string of the molecule is COc1ccc(/C=C2\SC(=S)N(CCCCCCCCCCC(=O)O)C2=O)cc1. The van der Waals surface area contributed by atoms with E-state index in [9.17, 15) is 9.59 Å². The Morgan fingerprint density at radius 3 is 2.24 bits per heavy atom. The van der Waals surface area contributed by atoms with E-state index in [2.05, 4.69) is 0 Å². The van der Waals surface area contributed by atoms with Crippen LogP contribution in [0.2, 0.25) is 0 Å². The van der Waals surface area contributed by atoms with E-state index in [-0.39, 0.29) is 12.3 Å². The van der Waals surface area contributed by atoms with Crippen molar-refractivity contribution in [3.05, 3.63) is 34.7 Å². The number of rotatable bonds is 13. The third kappa shape index (κ3) is 8.19. The first kappa shape index (κ1) is 23.4. The summed E-state index contributed by atoms with van der Waals surface area (Å²) in [4.78, 5) is 25.5. The summed E-state index contributed by atoms with van der Waals surface area (Å²) in [6.07, 6.45) is 10.5. The summed E-state index contributed by atoms with van der Waals surface area (Å²) in [6.45, 7) is 0.670. The number of aliphatic carboxylic acids is 1. The average molecular weight is 436 g/mol. The first-order valence-corrected chi connectivity index (χ1v) is 11.3. The molecule has 1 fully saturated rings. The normalized spacial score (nSPS) is 15.3. The molecule has 0 bridgehead atoms. The summed E-state index contributed by atoms with van der Waals surface area (Å²) in [6, 6.07) is 7.59. The molecule has 29 heavy (non-hydrogen) atoms. The second-order valence-corrected chi connectivity index (χ2v) is 8.75. The highest BCUT2D eigenvalue weighted by Crippen LogP contribution is 2.33. The van der Waals surface area contributed by atoms with E-state index in [0.29, 0.717) is 15.8 Å². The molecule has 158 valence electrons. The minimum absolute atomic E-state index is 0.00533. The molecule has 2 rings (SSSR count). The van der Waals surface area contributed by atoms with Crippen molar-refractivity contribution in [2.45, 2.75) is 57.8 Å². The van der Waals surface area contributed by atoms with E-state index in [1.54, 1.807) is 12.0 Å². The van der Waals surface area contributed by atoms with Gasteiger partial charge >= 0.3 is 5.97 Å². The van der Waals surface area contributed by atoms with Crippen LogP contribution < -0.4 is 4.74 Å². The maximum Gasteiger partial charge on any atom is 0.303 e. The van der Waals surface area contributed by atoms with E-state index in [1.165, 1.54) is 11.8 Å². The smallest absolute Gasteiger partial charge is 0.303 e. The number of carboxylic acids is 1.